The molecule has 1 amide bonds. The lowest BCUT2D eigenvalue weighted by Crippen LogP contribution is -1.92. The highest BCUT2D eigenvalue weighted by atomic mass is 16.1. The van der Waals surface area contributed by atoms with E-state index in [1.165, 1.54) is 5.56 Å². The highest BCUT2D eigenvalue weighted by molar-refractivity contribution is 5.85. The highest BCUT2D eigenvalue weighted by Gasteiger charge is 1.90. The normalized spacial score (nSPS) is 10.5. The Morgan fingerprint density at radius 2 is 2.08 bits per heavy atom. The van der Waals surface area contributed by atoms with Crippen molar-refractivity contribution >= 4 is 12.1 Å². The van der Waals surface area contributed by atoms with Crippen LogP contribution in [0, 0.1) is 0 Å². The SMILES string of the molecule is CCC(=O)N=CCc1ccccc1. The summed E-state index contributed by atoms with van der Waals surface area (Å²) in [6.07, 6.45) is 2.87. The topological polar surface area (TPSA) is 29.4 Å². The van der Waals surface area contributed by atoms with E-state index in [9.17, 15) is 4.79 Å². The molecular weight excluding hydrogens is 162 g/mol. The molecule has 0 spiro atoms. The van der Waals surface area contributed by atoms with Crippen molar-refractivity contribution in [2.45, 2.75) is 19.8 Å². The van der Waals surface area contributed by atoms with Crippen molar-refractivity contribution in [3.05, 3.63) is 35.9 Å². The fourth-order valence-electron chi connectivity index (χ4n) is 0.958. The fraction of sp³-hybridized carbons (Fsp3) is 0.273. The van der Waals surface area contributed by atoms with Crippen molar-refractivity contribution in [1.29, 1.82) is 0 Å². The second kappa shape index (κ2) is 5.25. The molecular formula is C11H13NO. The van der Waals surface area contributed by atoms with Crippen molar-refractivity contribution in [3.8, 4) is 0 Å². The zero-order valence-electron chi connectivity index (χ0n) is 7.73. The number of rotatable bonds is 3. The molecule has 0 aliphatic carbocycles. The van der Waals surface area contributed by atoms with E-state index in [1.807, 2.05) is 37.3 Å². The number of hydrogen-bond donors (Lipinski definition) is 0. The number of hydrogen-bond acceptors (Lipinski definition) is 1. The molecule has 0 fully saturated rings. The van der Waals surface area contributed by atoms with Crippen molar-refractivity contribution < 1.29 is 4.79 Å². The Balaban J connectivity index is 2.44. The van der Waals surface area contributed by atoms with Crippen molar-refractivity contribution in [2.75, 3.05) is 0 Å². The van der Waals surface area contributed by atoms with Crippen molar-refractivity contribution in [2.24, 2.45) is 4.99 Å². The molecule has 0 aliphatic heterocycles. The molecule has 0 saturated heterocycles. The lowest BCUT2D eigenvalue weighted by atomic mass is 10.2. The Morgan fingerprint density at radius 1 is 1.38 bits per heavy atom. The summed E-state index contributed by atoms with van der Waals surface area (Å²) in [5, 5.41) is 0. The summed E-state index contributed by atoms with van der Waals surface area (Å²) in [4.78, 5) is 14.6. The molecule has 2 nitrogen and oxygen atoms in total. The molecule has 13 heavy (non-hydrogen) atoms. The molecule has 0 radical (unpaired) electrons. The Morgan fingerprint density at radius 3 is 2.69 bits per heavy atom. The molecule has 0 bridgehead atoms. The van der Waals surface area contributed by atoms with Gasteiger partial charge in [0, 0.05) is 19.1 Å². The average Bonchev–Trinajstić information content (AvgIpc) is 2.19. The maximum Gasteiger partial charge on any atom is 0.245 e. The van der Waals surface area contributed by atoms with Gasteiger partial charge in [0.2, 0.25) is 5.91 Å². The van der Waals surface area contributed by atoms with Crippen LogP contribution in [0.2, 0.25) is 0 Å². The molecule has 0 saturated carbocycles. The first-order valence-corrected chi connectivity index (χ1v) is 4.42. The maximum atomic E-state index is 10.8. The van der Waals surface area contributed by atoms with Gasteiger partial charge in [0.05, 0.1) is 0 Å². The number of amides is 1. The number of carbonyl (C=O) groups excluding carboxylic acids is 1. The summed E-state index contributed by atoms with van der Waals surface area (Å²) in [5.74, 6) is -0.0593. The molecule has 1 aromatic rings. The van der Waals surface area contributed by atoms with Gasteiger partial charge in [-0.2, -0.15) is 0 Å². The van der Waals surface area contributed by atoms with Crippen LogP contribution in [0.15, 0.2) is 35.3 Å². The van der Waals surface area contributed by atoms with Gasteiger partial charge in [0.25, 0.3) is 0 Å². The third-order valence-electron chi connectivity index (χ3n) is 1.71. The maximum absolute atomic E-state index is 10.8. The average molecular weight is 175 g/mol. The Labute approximate surface area is 78.3 Å². The Kier molecular flexibility index (Phi) is 3.89. The van der Waals surface area contributed by atoms with Gasteiger partial charge >= 0.3 is 0 Å². The number of benzene rings is 1. The number of nitrogens with zero attached hydrogens (tertiary/aromatic N) is 1. The smallest absolute Gasteiger partial charge is 0.245 e. The van der Waals surface area contributed by atoms with Crippen LogP contribution in [0.25, 0.3) is 0 Å². The predicted octanol–water partition coefficient (Wildman–Crippen LogP) is 2.24. The van der Waals surface area contributed by atoms with Gasteiger partial charge < -0.3 is 0 Å². The molecule has 68 valence electrons. The van der Waals surface area contributed by atoms with E-state index in [0.717, 1.165) is 6.42 Å². The van der Waals surface area contributed by atoms with E-state index in [1.54, 1.807) is 6.21 Å². The molecule has 0 atom stereocenters. The standard InChI is InChI=1S/C11H13NO/c1-2-11(13)12-9-8-10-6-4-3-5-7-10/h3-7,9H,2,8H2,1H3. The molecule has 1 aromatic carbocycles. The van der Waals surface area contributed by atoms with Crippen LogP contribution in [-0.2, 0) is 11.2 Å². The van der Waals surface area contributed by atoms with E-state index in [0.29, 0.717) is 6.42 Å². The summed E-state index contributed by atoms with van der Waals surface area (Å²) < 4.78 is 0. The molecule has 0 N–H and O–H groups in total. The van der Waals surface area contributed by atoms with E-state index in [2.05, 4.69) is 4.99 Å². The zero-order chi connectivity index (χ0) is 9.52. The first-order valence-electron chi connectivity index (χ1n) is 4.42. The van der Waals surface area contributed by atoms with Gasteiger partial charge in [0.15, 0.2) is 0 Å². The lowest BCUT2D eigenvalue weighted by Gasteiger charge is -1.92. The second-order valence-electron chi connectivity index (χ2n) is 2.75. The van der Waals surface area contributed by atoms with Crippen LogP contribution in [0.4, 0.5) is 0 Å². The molecule has 0 unspecified atom stereocenters. The first kappa shape index (κ1) is 9.65. The zero-order valence-corrected chi connectivity index (χ0v) is 7.73. The predicted molar refractivity (Wildman–Crippen MR) is 53.9 cm³/mol. The quantitative estimate of drug-likeness (QED) is 0.648. The monoisotopic (exact) mass is 175 g/mol. The van der Waals surface area contributed by atoms with Gasteiger partial charge in [-0.3, -0.25) is 4.79 Å². The largest absolute Gasteiger partial charge is 0.273 e. The molecule has 0 aromatic heterocycles. The number of aliphatic imine (C=N–C) groups is 1. The summed E-state index contributed by atoms with van der Waals surface area (Å²) in [5.41, 5.74) is 1.18. The van der Waals surface area contributed by atoms with Gasteiger partial charge in [-0.25, -0.2) is 4.99 Å². The minimum absolute atomic E-state index is 0.0593. The molecule has 0 aliphatic rings. The first-order chi connectivity index (χ1) is 6.33. The third kappa shape index (κ3) is 3.65. The summed E-state index contributed by atoms with van der Waals surface area (Å²) >= 11 is 0. The molecule has 1 rings (SSSR count). The van der Waals surface area contributed by atoms with Crippen LogP contribution < -0.4 is 0 Å². The van der Waals surface area contributed by atoms with Crippen LogP contribution in [0.5, 0.6) is 0 Å². The van der Waals surface area contributed by atoms with Crippen molar-refractivity contribution in [1.82, 2.24) is 0 Å². The highest BCUT2D eigenvalue weighted by Crippen LogP contribution is 1.97. The fourth-order valence-corrected chi connectivity index (χ4v) is 0.958. The third-order valence-corrected chi connectivity index (χ3v) is 1.71. The minimum Gasteiger partial charge on any atom is -0.273 e. The van der Waals surface area contributed by atoms with Crippen LogP contribution in [0.1, 0.15) is 18.9 Å². The van der Waals surface area contributed by atoms with Gasteiger partial charge in [-0.05, 0) is 5.56 Å². The van der Waals surface area contributed by atoms with Gasteiger partial charge in [0.1, 0.15) is 0 Å². The van der Waals surface area contributed by atoms with Crippen LogP contribution in [-0.4, -0.2) is 12.1 Å². The van der Waals surface area contributed by atoms with E-state index in [-0.39, 0.29) is 5.91 Å². The molecule has 0 heterocycles. The van der Waals surface area contributed by atoms with E-state index < -0.39 is 0 Å². The van der Waals surface area contributed by atoms with E-state index in [4.69, 9.17) is 0 Å². The summed E-state index contributed by atoms with van der Waals surface area (Å²) in [7, 11) is 0. The van der Waals surface area contributed by atoms with Gasteiger partial charge in [-0.15, -0.1) is 0 Å². The summed E-state index contributed by atoms with van der Waals surface area (Å²) in [6.45, 7) is 1.81. The van der Waals surface area contributed by atoms with Crippen molar-refractivity contribution in [3.63, 3.8) is 0 Å². The Bertz CT molecular complexity index is 290. The van der Waals surface area contributed by atoms with Crippen LogP contribution in [0.3, 0.4) is 0 Å². The van der Waals surface area contributed by atoms with E-state index >= 15 is 0 Å². The van der Waals surface area contributed by atoms with Gasteiger partial charge in [-0.1, -0.05) is 37.3 Å². The minimum atomic E-state index is -0.0593. The van der Waals surface area contributed by atoms with Crippen LogP contribution >= 0.6 is 0 Å². The Hall–Kier alpha value is -1.44. The second-order valence-corrected chi connectivity index (χ2v) is 2.75. The number of carbonyl (C=O) groups is 1. The lowest BCUT2D eigenvalue weighted by molar-refractivity contribution is -0.117. The summed E-state index contributed by atoms with van der Waals surface area (Å²) in [6, 6.07) is 9.96. The molecule has 2 heteroatoms.